The summed E-state index contributed by atoms with van der Waals surface area (Å²) in [5, 5.41) is 1.28. The molecule has 0 N–H and O–H groups in total. The standard InChI is InChI=1S/C21H20F3N3O3S/c1-30-18-7-8-19(17-5-3-2-4-16(17)18)31(28,29)27-12-10-26(11-13-27)20-9-6-15(14-25-20)21(22,23)24/h2-9,14H,10-13H2,1H3. The van der Waals surface area contributed by atoms with Gasteiger partial charge in [-0.2, -0.15) is 17.5 Å². The van der Waals surface area contributed by atoms with Crippen molar-refractivity contribution < 1.29 is 26.3 Å². The number of alkyl halides is 3. The van der Waals surface area contributed by atoms with Crippen LogP contribution in [0.2, 0.25) is 0 Å². The third-order valence-electron chi connectivity index (χ3n) is 5.32. The van der Waals surface area contributed by atoms with E-state index < -0.39 is 21.8 Å². The number of ether oxygens (including phenoxy) is 1. The SMILES string of the molecule is COc1ccc(S(=O)(=O)N2CCN(c3ccc(C(F)(F)F)cn3)CC2)c2ccccc12. The number of aromatic nitrogens is 1. The molecule has 6 nitrogen and oxygen atoms in total. The van der Waals surface area contributed by atoms with Gasteiger partial charge in [-0.25, -0.2) is 13.4 Å². The van der Waals surface area contributed by atoms with Gasteiger partial charge in [0.25, 0.3) is 0 Å². The van der Waals surface area contributed by atoms with Gasteiger partial charge in [0.2, 0.25) is 10.0 Å². The fraction of sp³-hybridized carbons (Fsp3) is 0.286. The molecule has 0 amide bonds. The van der Waals surface area contributed by atoms with E-state index in [9.17, 15) is 21.6 Å². The predicted octanol–water partition coefficient (Wildman–Crippen LogP) is 3.77. The highest BCUT2D eigenvalue weighted by atomic mass is 32.2. The van der Waals surface area contributed by atoms with Crippen LogP contribution in [0, 0.1) is 0 Å². The van der Waals surface area contributed by atoms with E-state index in [1.807, 2.05) is 6.07 Å². The predicted molar refractivity (Wildman–Crippen MR) is 111 cm³/mol. The van der Waals surface area contributed by atoms with Crippen LogP contribution in [-0.4, -0.2) is 51.0 Å². The van der Waals surface area contributed by atoms with Gasteiger partial charge in [-0.15, -0.1) is 0 Å². The van der Waals surface area contributed by atoms with E-state index in [1.54, 1.807) is 35.2 Å². The molecule has 4 rings (SSSR count). The van der Waals surface area contributed by atoms with Crippen LogP contribution in [0.4, 0.5) is 19.0 Å². The number of fused-ring (bicyclic) bond motifs is 1. The van der Waals surface area contributed by atoms with E-state index >= 15 is 0 Å². The lowest BCUT2D eigenvalue weighted by Gasteiger charge is -2.35. The van der Waals surface area contributed by atoms with E-state index in [4.69, 9.17) is 4.74 Å². The molecule has 1 aromatic heterocycles. The van der Waals surface area contributed by atoms with Crippen molar-refractivity contribution in [3.8, 4) is 5.75 Å². The first-order chi connectivity index (χ1) is 14.7. The lowest BCUT2D eigenvalue weighted by molar-refractivity contribution is -0.137. The van der Waals surface area contributed by atoms with Crippen molar-refractivity contribution in [3.05, 3.63) is 60.3 Å². The number of benzene rings is 2. The highest BCUT2D eigenvalue weighted by molar-refractivity contribution is 7.89. The van der Waals surface area contributed by atoms with Crippen LogP contribution in [0.15, 0.2) is 59.6 Å². The zero-order valence-corrected chi connectivity index (χ0v) is 17.4. The fourth-order valence-corrected chi connectivity index (χ4v) is 5.30. The molecule has 1 aliphatic rings. The molecule has 2 heterocycles. The van der Waals surface area contributed by atoms with Gasteiger partial charge in [0.05, 0.1) is 17.6 Å². The molecule has 1 saturated heterocycles. The van der Waals surface area contributed by atoms with Gasteiger partial charge in [-0.1, -0.05) is 24.3 Å². The molecule has 31 heavy (non-hydrogen) atoms. The van der Waals surface area contributed by atoms with Gasteiger partial charge < -0.3 is 9.64 Å². The van der Waals surface area contributed by atoms with E-state index in [-0.39, 0.29) is 18.0 Å². The van der Waals surface area contributed by atoms with Crippen molar-refractivity contribution in [2.75, 3.05) is 38.2 Å². The minimum Gasteiger partial charge on any atom is -0.496 e. The Kier molecular flexibility index (Phi) is 5.52. The molecule has 0 aliphatic carbocycles. The van der Waals surface area contributed by atoms with Crippen molar-refractivity contribution in [2.45, 2.75) is 11.1 Å². The summed E-state index contributed by atoms with van der Waals surface area (Å²) in [7, 11) is -2.23. The molecule has 0 radical (unpaired) electrons. The zero-order valence-electron chi connectivity index (χ0n) is 16.6. The van der Waals surface area contributed by atoms with E-state index in [2.05, 4.69) is 4.98 Å². The van der Waals surface area contributed by atoms with Gasteiger partial charge in [0.15, 0.2) is 0 Å². The molecule has 10 heteroatoms. The second-order valence-corrected chi connectivity index (χ2v) is 9.01. The average Bonchev–Trinajstić information content (AvgIpc) is 2.78. The van der Waals surface area contributed by atoms with Crippen LogP contribution in [0.3, 0.4) is 0 Å². The maximum atomic E-state index is 13.3. The summed E-state index contributed by atoms with van der Waals surface area (Å²) in [6.45, 7) is 1.05. The minimum absolute atomic E-state index is 0.199. The molecular weight excluding hydrogens is 431 g/mol. The fourth-order valence-electron chi connectivity index (χ4n) is 3.68. The van der Waals surface area contributed by atoms with Gasteiger partial charge in [0.1, 0.15) is 11.6 Å². The Morgan fingerprint density at radius 3 is 2.19 bits per heavy atom. The van der Waals surface area contributed by atoms with Crippen LogP contribution < -0.4 is 9.64 Å². The number of piperazine rings is 1. The number of halogens is 3. The topological polar surface area (TPSA) is 62.7 Å². The number of methoxy groups -OCH3 is 1. The Balaban J connectivity index is 1.54. The Labute approximate surface area is 177 Å². The zero-order chi connectivity index (χ0) is 22.2. The van der Waals surface area contributed by atoms with Crippen molar-refractivity contribution in [1.29, 1.82) is 0 Å². The van der Waals surface area contributed by atoms with E-state index in [0.717, 1.165) is 12.3 Å². The number of hydrogen-bond acceptors (Lipinski definition) is 5. The van der Waals surface area contributed by atoms with Crippen LogP contribution in [0.1, 0.15) is 5.56 Å². The van der Waals surface area contributed by atoms with Gasteiger partial charge >= 0.3 is 6.18 Å². The van der Waals surface area contributed by atoms with Crippen LogP contribution in [0.5, 0.6) is 5.75 Å². The summed E-state index contributed by atoms with van der Waals surface area (Å²) >= 11 is 0. The highest BCUT2D eigenvalue weighted by Crippen LogP contribution is 2.33. The third kappa shape index (κ3) is 4.05. The summed E-state index contributed by atoms with van der Waals surface area (Å²) in [5.74, 6) is 0.979. The van der Waals surface area contributed by atoms with Gasteiger partial charge in [-0.3, -0.25) is 0 Å². The average molecular weight is 451 g/mol. The Bertz CT molecular complexity index is 1190. The first-order valence-electron chi connectivity index (χ1n) is 9.56. The molecule has 0 spiro atoms. The summed E-state index contributed by atoms with van der Waals surface area (Å²) in [4.78, 5) is 5.87. The minimum atomic E-state index is -4.44. The molecule has 1 aliphatic heterocycles. The molecule has 0 bridgehead atoms. The number of sulfonamides is 1. The number of hydrogen-bond donors (Lipinski definition) is 0. The van der Waals surface area contributed by atoms with Crippen LogP contribution >= 0.6 is 0 Å². The lowest BCUT2D eigenvalue weighted by atomic mass is 10.1. The summed E-state index contributed by atoms with van der Waals surface area (Å²) in [6, 6.07) is 12.6. The van der Waals surface area contributed by atoms with Gasteiger partial charge in [0, 0.05) is 43.1 Å². The van der Waals surface area contributed by atoms with Crippen LogP contribution in [0.25, 0.3) is 10.8 Å². The number of nitrogens with zero attached hydrogens (tertiary/aromatic N) is 3. The Morgan fingerprint density at radius 2 is 1.61 bits per heavy atom. The van der Waals surface area contributed by atoms with E-state index in [1.165, 1.54) is 17.5 Å². The molecule has 1 fully saturated rings. The van der Waals surface area contributed by atoms with Crippen molar-refractivity contribution in [3.63, 3.8) is 0 Å². The molecule has 2 aromatic carbocycles. The maximum Gasteiger partial charge on any atom is 0.417 e. The maximum absolute atomic E-state index is 13.3. The number of pyridine rings is 1. The first kappa shape index (κ1) is 21.4. The molecule has 0 saturated carbocycles. The summed E-state index contributed by atoms with van der Waals surface area (Å²) in [6.07, 6.45) is -3.65. The largest absolute Gasteiger partial charge is 0.496 e. The Hall–Kier alpha value is -2.85. The van der Waals surface area contributed by atoms with Crippen molar-refractivity contribution >= 4 is 26.6 Å². The second-order valence-electron chi connectivity index (χ2n) is 7.11. The van der Waals surface area contributed by atoms with Crippen LogP contribution in [-0.2, 0) is 16.2 Å². The lowest BCUT2D eigenvalue weighted by Crippen LogP contribution is -2.49. The summed E-state index contributed by atoms with van der Waals surface area (Å²) < 4.78 is 71.6. The monoisotopic (exact) mass is 451 g/mol. The highest BCUT2D eigenvalue weighted by Gasteiger charge is 2.32. The molecule has 3 aromatic rings. The first-order valence-corrected chi connectivity index (χ1v) is 11.0. The summed E-state index contributed by atoms with van der Waals surface area (Å²) in [5.41, 5.74) is -0.816. The second kappa shape index (κ2) is 8.01. The molecular formula is C21H20F3N3O3S. The number of rotatable bonds is 4. The van der Waals surface area contributed by atoms with Crippen molar-refractivity contribution in [1.82, 2.24) is 9.29 Å². The molecule has 0 atom stereocenters. The van der Waals surface area contributed by atoms with E-state index in [0.29, 0.717) is 35.4 Å². The molecule has 164 valence electrons. The molecule has 0 unspecified atom stereocenters. The smallest absolute Gasteiger partial charge is 0.417 e. The Morgan fingerprint density at radius 1 is 0.935 bits per heavy atom. The number of anilines is 1. The third-order valence-corrected chi connectivity index (χ3v) is 7.28. The quantitative estimate of drug-likeness (QED) is 0.604. The van der Waals surface area contributed by atoms with Gasteiger partial charge in [-0.05, 0) is 24.3 Å². The normalized spacial score (nSPS) is 15.9. The van der Waals surface area contributed by atoms with Crippen molar-refractivity contribution in [2.24, 2.45) is 0 Å².